The van der Waals surface area contributed by atoms with E-state index in [4.69, 9.17) is 16.3 Å². The lowest BCUT2D eigenvalue weighted by Crippen LogP contribution is -2.29. The van der Waals surface area contributed by atoms with Gasteiger partial charge in [-0.3, -0.25) is 0 Å². The summed E-state index contributed by atoms with van der Waals surface area (Å²) in [4.78, 5) is 0. The number of rotatable bonds is 4. The second-order valence-electron chi connectivity index (χ2n) is 4.68. The van der Waals surface area contributed by atoms with Gasteiger partial charge in [0.05, 0.1) is 24.7 Å². The van der Waals surface area contributed by atoms with Gasteiger partial charge in [0.25, 0.3) is 0 Å². The van der Waals surface area contributed by atoms with Crippen molar-refractivity contribution in [2.75, 3.05) is 12.5 Å². The van der Waals surface area contributed by atoms with Crippen LogP contribution in [0.15, 0.2) is 0 Å². The van der Waals surface area contributed by atoms with Crippen molar-refractivity contribution in [3.8, 4) is 0 Å². The molecular formula is C11H21ClO2. The summed E-state index contributed by atoms with van der Waals surface area (Å²) >= 11 is 5.50. The molecule has 1 N–H and O–H groups in total. The molecule has 3 unspecified atom stereocenters. The highest BCUT2D eigenvalue weighted by atomic mass is 35.5. The molecule has 1 rings (SSSR count). The number of aliphatic hydroxyl groups is 1. The predicted molar refractivity (Wildman–Crippen MR) is 58.6 cm³/mol. The third-order valence-corrected chi connectivity index (χ3v) is 3.19. The third-order valence-electron chi connectivity index (χ3n) is 2.84. The van der Waals surface area contributed by atoms with Crippen LogP contribution >= 0.6 is 11.6 Å². The van der Waals surface area contributed by atoms with Gasteiger partial charge in [0.1, 0.15) is 0 Å². The molecule has 0 radical (unpaired) electrons. The quantitative estimate of drug-likeness (QED) is 0.738. The summed E-state index contributed by atoms with van der Waals surface area (Å²) in [6.45, 7) is 4.92. The number of hydrogen-bond acceptors (Lipinski definition) is 2. The lowest BCUT2D eigenvalue weighted by Gasteiger charge is -2.31. The van der Waals surface area contributed by atoms with Gasteiger partial charge in [-0.25, -0.2) is 0 Å². The molecule has 0 bridgehead atoms. The van der Waals surface area contributed by atoms with Gasteiger partial charge in [-0.05, 0) is 31.1 Å². The summed E-state index contributed by atoms with van der Waals surface area (Å²) in [7, 11) is 0. The van der Waals surface area contributed by atoms with E-state index in [9.17, 15) is 5.11 Å². The minimum Gasteiger partial charge on any atom is -0.389 e. The Balaban J connectivity index is 2.23. The van der Waals surface area contributed by atoms with E-state index in [-0.39, 0.29) is 5.88 Å². The Hall–Kier alpha value is 0.210. The SMILES string of the molecule is CC1CC(C)CC(OCC(O)CCl)C1. The second-order valence-corrected chi connectivity index (χ2v) is 4.99. The van der Waals surface area contributed by atoms with Gasteiger partial charge in [-0.2, -0.15) is 0 Å². The summed E-state index contributed by atoms with van der Waals surface area (Å²) in [5.74, 6) is 1.76. The molecule has 0 spiro atoms. The Morgan fingerprint density at radius 3 is 2.36 bits per heavy atom. The Morgan fingerprint density at radius 1 is 1.29 bits per heavy atom. The molecule has 1 saturated carbocycles. The van der Waals surface area contributed by atoms with Crippen LogP contribution in [0.1, 0.15) is 33.1 Å². The number of alkyl halides is 1. The summed E-state index contributed by atoms with van der Waals surface area (Å²) in [6, 6.07) is 0. The van der Waals surface area contributed by atoms with E-state index in [1.54, 1.807) is 0 Å². The van der Waals surface area contributed by atoms with Crippen LogP contribution in [0.25, 0.3) is 0 Å². The van der Waals surface area contributed by atoms with E-state index in [0.717, 1.165) is 24.7 Å². The lowest BCUT2D eigenvalue weighted by molar-refractivity contribution is -0.0347. The van der Waals surface area contributed by atoms with Crippen LogP contribution in [0.4, 0.5) is 0 Å². The van der Waals surface area contributed by atoms with Crippen molar-refractivity contribution in [1.29, 1.82) is 0 Å². The van der Waals surface area contributed by atoms with Gasteiger partial charge in [-0.1, -0.05) is 13.8 Å². The largest absolute Gasteiger partial charge is 0.389 e. The maximum Gasteiger partial charge on any atom is 0.0908 e. The zero-order valence-corrected chi connectivity index (χ0v) is 9.83. The van der Waals surface area contributed by atoms with Gasteiger partial charge in [0.2, 0.25) is 0 Å². The highest BCUT2D eigenvalue weighted by Gasteiger charge is 2.24. The van der Waals surface area contributed by atoms with Crippen LogP contribution in [0.2, 0.25) is 0 Å². The zero-order valence-electron chi connectivity index (χ0n) is 9.08. The molecule has 84 valence electrons. The van der Waals surface area contributed by atoms with Crippen molar-refractivity contribution in [3.05, 3.63) is 0 Å². The fourth-order valence-electron chi connectivity index (χ4n) is 2.30. The Bertz CT molecular complexity index is 153. The summed E-state index contributed by atoms with van der Waals surface area (Å²) < 4.78 is 5.64. The molecule has 1 fully saturated rings. The van der Waals surface area contributed by atoms with Gasteiger partial charge in [0.15, 0.2) is 0 Å². The van der Waals surface area contributed by atoms with Crippen LogP contribution in [0, 0.1) is 11.8 Å². The van der Waals surface area contributed by atoms with E-state index in [1.165, 1.54) is 6.42 Å². The smallest absolute Gasteiger partial charge is 0.0908 e. The van der Waals surface area contributed by atoms with Crippen LogP contribution in [0.5, 0.6) is 0 Å². The van der Waals surface area contributed by atoms with Crippen molar-refractivity contribution >= 4 is 11.6 Å². The summed E-state index contributed by atoms with van der Waals surface area (Å²) in [5, 5.41) is 9.26. The van der Waals surface area contributed by atoms with Gasteiger partial charge < -0.3 is 9.84 Å². The van der Waals surface area contributed by atoms with Crippen molar-refractivity contribution in [3.63, 3.8) is 0 Å². The summed E-state index contributed by atoms with van der Waals surface area (Å²) in [6.07, 6.45) is 3.37. The van der Waals surface area contributed by atoms with E-state index >= 15 is 0 Å². The maximum absolute atomic E-state index is 9.26. The molecule has 1 aliphatic rings. The Kier molecular flexibility index (Phi) is 5.21. The third kappa shape index (κ3) is 4.16. The molecule has 0 amide bonds. The Morgan fingerprint density at radius 2 is 1.86 bits per heavy atom. The zero-order chi connectivity index (χ0) is 10.6. The standard InChI is InChI=1S/C11H21ClO2/c1-8-3-9(2)5-11(4-8)14-7-10(13)6-12/h8-11,13H,3-7H2,1-2H3. The number of halogens is 1. The van der Waals surface area contributed by atoms with Crippen LogP contribution in [-0.2, 0) is 4.74 Å². The summed E-state index contributed by atoms with van der Waals surface area (Å²) in [5.41, 5.74) is 0. The first-order valence-electron chi connectivity index (χ1n) is 5.47. The molecular weight excluding hydrogens is 200 g/mol. The first-order chi connectivity index (χ1) is 6.61. The normalized spacial score (nSPS) is 35.6. The molecule has 0 saturated heterocycles. The number of hydrogen-bond donors (Lipinski definition) is 1. The average molecular weight is 221 g/mol. The molecule has 0 aromatic carbocycles. The average Bonchev–Trinajstić information content (AvgIpc) is 2.12. The molecule has 0 aliphatic heterocycles. The van der Waals surface area contributed by atoms with E-state index in [1.807, 2.05) is 0 Å². The molecule has 2 nitrogen and oxygen atoms in total. The minimum atomic E-state index is -0.510. The molecule has 3 atom stereocenters. The molecule has 3 heteroatoms. The Labute approximate surface area is 91.6 Å². The minimum absolute atomic E-state index is 0.262. The highest BCUT2D eigenvalue weighted by Crippen LogP contribution is 2.30. The van der Waals surface area contributed by atoms with Crippen LogP contribution < -0.4 is 0 Å². The van der Waals surface area contributed by atoms with Crippen LogP contribution in [-0.4, -0.2) is 29.8 Å². The highest BCUT2D eigenvalue weighted by molar-refractivity contribution is 6.18. The van der Waals surface area contributed by atoms with Crippen molar-refractivity contribution in [2.24, 2.45) is 11.8 Å². The van der Waals surface area contributed by atoms with Crippen LogP contribution in [0.3, 0.4) is 0 Å². The van der Waals surface area contributed by atoms with Gasteiger partial charge in [0, 0.05) is 0 Å². The monoisotopic (exact) mass is 220 g/mol. The van der Waals surface area contributed by atoms with Crippen molar-refractivity contribution < 1.29 is 9.84 Å². The number of aliphatic hydroxyl groups excluding tert-OH is 1. The maximum atomic E-state index is 9.26. The van der Waals surface area contributed by atoms with E-state index in [2.05, 4.69) is 13.8 Å². The molecule has 0 aromatic rings. The first kappa shape index (κ1) is 12.3. The number of ether oxygens (including phenoxy) is 1. The van der Waals surface area contributed by atoms with E-state index < -0.39 is 6.10 Å². The van der Waals surface area contributed by atoms with E-state index in [0.29, 0.717) is 12.7 Å². The van der Waals surface area contributed by atoms with Gasteiger partial charge >= 0.3 is 0 Å². The second kappa shape index (κ2) is 5.94. The predicted octanol–water partition coefficient (Wildman–Crippen LogP) is 2.43. The van der Waals surface area contributed by atoms with Gasteiger partial charge in [-0.15, -0.1) is 11.6 Å². The molecule has 0 heterocycles. The molecule has 14 heavy (non-hydrogen) atoms. The van der Waals surface area contributed by atoms with Crippen molar-refractivity contribution in [1.82, 2.24) is 0 Å². The first-order valence-corrected chi connectivity index (χ1v) is 6.01. The van der Waals surface area contributed by atoms with Crippen molar-refractivity contribution in [2.45, 2.75) is 45.3 Å². The molecule has 0 aromatic heterocycles. The molecule has 1 aliphatic carbocycles. The fourth-order valence-corrected chi connectivity index (χ4v) is 2.39. The lowest BCUT2D eigenvalue weighted by atomic mass is 9.82. The topological polar surface area (TPSA) is 29.5 Å². The fraction of sp³-hybridized carbons (Fsp3) is 1.00.